The standard InChI is InChI=1S/C12H18ClF2NO/c1-2-10(13)11(17)16-6-8-4-3-5-12(14,15)9(8)7-16/h8-10H,2-7H2,1H3/t8-,9-,10+/m1/s1. The van der Waals surface area contributed by atoms with Gasteiger partial charge >= 0.3 is 0 Å². The smallest absolute Gasteiger partial charge is 0.252 e. The summed E-state index contributed by atoms with van der Waals surface area (Å²) in [7, 11) is 0. The monoisotopic (exact) mass is 265 g/mol. The molecule has 1 aliphatic carbocycles. The predicted molar refractivity (Wildman–Crippen MR) is 62.3 cm³/mol. The van der Waals surface area contributed by atoms with Gasteiger partial charge in [0.2, 0.25) is 5.91 Å². The van der Waals surface area contributed by atoms with Crippen LogP contribution < -0.4 is 0 Å². The molecule has 0 aromatic rings. The van der Waals surface area contributed by atoms with Crippen molar-refractivity contribution in [1.29, 1.82) is 0 Å². The van der Waals surface area contributed by atoms with Crippen molar-refractivity contribution in [2.24, 2.45) is 11.8 Å². The van der Waals surface area contributed by atoms with E-state index >= 15 is 0 Å². The normalized spacial score (nSPS) is 33.3. The molecule has 0 N–H and O–H groups in total. The van der Waals surface area contributed by atoms with Crippen molar-refractivity contribution in [1.82, 2.24) is 4.90 Å². The van der Waals surface area contributed by atoms with Gasteiger partial charge in [0.1, 0.15) is 5.38 Å². The summed E-state index contributed by atoms with van der Waals surface area (Å²) < 4.78 is 27.4. The van der Waals surface area contributed by atoms with E-state index in [-0.39, 0.29) is 24.8 Å². The van der Waals surface area contributed by atoms with Gasteiger partial charge in [0.15, 0.2) is 0 Å². The lowest BCUT2D eigenvalue weighted by Crippen LogP contribution is -2.39. The topological polar surface area (TPSA) is 20.3 Å². The Labute approximate surface area is 105 Å². The fourth-order valence-electron chi connectivity index (χ4n) is 2.98. The molecule has 0 radical (unpaired) electrons. The summed E-state index contributed by atoms with van der Waals surface area (Å²) in [5.41, 5.74) is 0. The van der Waals surface area contributed by atoms with E-state index in [1.54, 1.807) is 0 Å². The third-order valence-electron chi connectivity index (χ3n) is 4.01. The average Bonchev–Trinajstić information content (AvgIpc) is 2.72. The predicted octanol–water partition coefficient (Wildman–Crippen LogP) is 2.90. The van der Waals surface area contributed by atoms with E-state index in [0.29, 0.717) is 19.4 Å². The van der Waals surface area contributed by atoms with Gasteiger partial charge in [-0.15, -0.1) is 11.6 Å². The van der Waals surface area contributed by atoms with Crippen molar-refractivity contribution >= 4 is 17.5 Å². The molecule has 2 fully saturated rings. The van der Waals surface area contributed by atoms with E-state index in [1.165, 1.54) is 4.90 Å². The summed E-state index contributed by atoms with van der Waals surface area (Å²) >= 11 is 5.89. The van der Waals surface area contributed by atoms with Crippen molar-refractivity contribution in [2.45, 2.75) is 43.9 Å². The van der Waals surface area contributed by atoms with Gasteiger partial charge in [0, 0.05) is 25.4 Å². The highest BCUT2D eigenvalue weighted by atomic mass is 35.5. The van der Waals surface area contributed by atoms with Crippen molar-refractivity contribution in [3.05, 3.63) is 0 Å². The van der Waals surface area contributed by atoms with E-state index in [2.05, 4.69) is 0 Å². The molecule has 0 unspecified atom stereocenters. The van der Waals surface area contributed by atoms with Crippen molar-refractivity contribution in [3.63, 3.8) is 0 Å². The van der Waals surface area contributed by atoms with Gasteiger partial charge in [-0.2, -0.15) is 0 Å². The highest BCUT2D eigenvalue weighted by Crippen LogP contribution is 2.46. The maximum atomic E-state index is 13.7. The molecule has 2 aliphatic rings. The Bertz CT molecular complexity index is 311. The van der Waals surface area contributed by atoms with Crippen LogP contribution in [-0.4, -0.2) is 35.2 Å². The molecule has 0 aromatic carbocycles. The van der Waals surface area contributed by atoms with Crippen LogP contribution in [0.15, 0.2) is 0 Å². The van der Waals surface area contributed by atoms with E-state index in [0.717, 1.165) is 6.42 Å². The summed E-state index contributed by atoms with van der Waals surface area (Å²) in [5.74, 6) is -3.48. The minimum atomic E-state index is -2.61. The summed E-state index contributed by atoms with van der Waals surface area (Å²) in [6, 6.07) is 0. The van der Waals surface area contributed by atoms with Crippen LogP contribution in [0.4, 0.5) is 8.78 Å². The summed E-state index contributed by atoms with van der Waals surface area (Å²) in [6.45, 7) is 2.47. The van der Waals surface area contributed by atoms with Crippen LogP contribution in [0.25, 0.3) is 0 Å². The maximum Gasteiger partial charge on any atom is 0.252 e. The van der Waals surface area contributed by atoms with Crippen LogP contribution in [0.5, 0.6) is 0 Å². The van der Waals surface area contributed by atoms with Gasteiger partial charge in [-0.05, 0) is 25.2 Å². The number of hydrogen-bond acceptors (Lipinski definition) is 1. The molecule has 1 saturated heterocycles. The lowest BCUT2D eigenvalue weighted by Gasteiger charge is -2.32. The first-order chi connectivity index (χ1) is 7.95. The molecule has 98 valence electrons. The fourth-order valence-corrected chi connectivity index (χ4v) is 3.12. The lowest BCUT2D eigenvalue weighted by molar-refractivity contribution is -0.130. The Hall–Kier alpha value is -0.380. The van der Waals surface area contributed by atoms with Crippen LogP contribution in [-0.2, 0) is 4.79 Å². The van der Waals surface area contributed by atoms with Gasteiger partial charge < -0.3 is 4.90 Å². The number of carbonyl (C=O) groups excluding carboxylic acids is 1. The van der Waals surface area contributed by atoms with Crippen LogP contribution in [0.2, 0.25) is 0 Å². The molecule has 2 rings (SSSR count). The van der Waals surface area contributed by atoms with Crippen molar-refractivity contribution in [3.8, 4) is 0 Å². The Kier molecular flexibility index (Phi) is 3.62. The molecule has 0 aromatic heterocycles. The Morgan fingerprint density at radius 3 is 2.82 bits per heavy atom. The van der Waals surface area contributed by atoms with E-state index < -0.39 is 17.2 Å². The zero-order chi connectivity index (χ0) is 12.6. The Balaban J connectivity index is 2.05. The second-order valence-electron chi connectivity index (χ2n) is 5.14. The summed E-state index contributed by atoms with van der Waals surface area (Å²) in [4.78, 5) is 13.4. The summed E-state index contributed by atoms with van der Waals surface area (Å²) in [6.07, 6.45) is 1.88. The molecule has 0 bridgehead atoms. The largest absolute Gasteiger partial charge is 0.341 e. The number of halogens is 3. The zero-order valence-corrected chi connectivity index (χ0v) is 10.7. The summed E-state index contributed by atoms with van der Waals surface area (Å²) in [5, 5.41) is -0.566. The van der Waals surface area contributed by atoms with Gasteiger partial charge in [0.25, 0.3) is 5.92 Å². The van der Waals surface area contributed by atoms with Crippen molar-refractivity contribution in [2.75, 3.05) is 13.1 Å². The Morgan fingerprint density at radius 2 is 2.24 bits per heavy atom. The van der Waals surface area contributed by atoms with Gasteiger partial charge in [-0.1, -0.05) is 6.92 Å². The number of hydrogen-bond donors (Lipinski definition) is 0. The quantitative estimate of drug-likeness (QED) is 0.703. The number of fused-ring (bicyclic) bond motifs is 1. The van der Waals surface area contributed by atoms with E-state index in [9.17, 15) is 13.6 Å². The second kappa shape index (κ2) is 4.71. The maximum absolute atomic E-state index is 13.7. The average molecular weight is 266 g/mol. The van der Waals surface area contributed by atoms with Gasteiger partial charge in [0.05, 0.1) is 0 Å². The third-order valence-corrected chi connectivity index (χ3v) is 4.50. The molecule has 0 spiro atoms. The first kappa shape index (κ1) is 13.1. The van der Waals surface area contributed by atoms with Gasteiger partial charge in [-0.25, -0.2) is 8.78 Å². The van der Waals surface area contributed by atoms with Crippen LogP contribution in [0.1, 0.15) is 32.6 Å². The zero-order valence-electron chi connectivity index (χ0n) is 9.96. The highest BCUT2D eigenvalue weighted by molar-refractivity contribution is 6.30. The minimum Gasteiger partial charge on any atom is -0.341 e. The van der Waals surface area contributed by atoms with E-state index in [1.807, 2.05) is 6.92 Å². The molecule has 1 amide bonds. The molecule has 5 heteroatoms. The number of alkyl halides is 3. The van der Waals surface area contributed by atoms with Crippen LogP contribution in [0.3, 0.4) is 0 Å². The van der Waals surface area contributed by atoms with Crippen LogP contribution >= 0.6 is 11.6 Å². The number of rotatable bonds is 2. The number of likely N-dealkylation sites (tertiary alicyclic amines) is 1. The SMILES string of the molecule is CC[C@H](Cl)C(=O)N1C[C@H]2CCCC(F)(F)[C@@H]2C1. The number of nitrogens with zero attached hydrogens (tertiary/aromatic N) is 1. The Morgan fingerprint density at radius 1 is 1.53 bits per heavy atom. The molecule has 1 aliphatic heterocycles. The second-order valence-corrected chi connectivity index (χ2v) is 5.67. The third kappa shape index (κ3) is 2.42. The van der Waals surface area contributed by atoms with Gasteiger partial charge in [-0.3, -0.25) is 4.79 Å². The minimum absolute atomic E-state index is 0.0335. The fraction of sp³-hybridized carbons (Fsp3) is 0.917. The number of amides is 1. The van der Waals surface area contributed by atoms with E-state index in [4.69, 9.17) is 11.6 Å². The molecular weight excluding hydrogens is 248 g/mol. The van der Waals surface area contributed by atoms with Crippen molar-refractivity contribution < 1.29 is 13.6 Å². The molecule has 17 heavy (non-hydrogen) atoms. The molecule has 1 saturated carbocycles. The van der Waals surface area contributed by atoms with Crippen LogP contribution in [0, 0.1) is 11.8 Å². The molecular formula is C12H18ClF2NO. The number of carbonyl (C=O) groups is 1. The molecule has 1 heterocycles. The first-order valence-corrected chi connectivity index (χ1v) is 6.70. The molecule has 2 nitrogen and oxygen atoms in total. The lowest BCUT2D eigenvalue weighted by atomic mass is 9.79. The first-order valence-electron chi connectivity index (χ1n) is 6.26. The molecule has 3 atom stereocenters. The highest BCUT2D eigenvalue weighted by Gasteiger charge is 2.52.